The van der Waals surface area contributed by atoms with Gasteiger partial charge in [0.1, 0.15) is 17.1 Å². The molecule has 6 heteroatoms. The number of thiazole rings is 1. The lowest BCUT2D eigenvalue weighted by molar-refractivity contribution is -0.116. The zero-order chi connectivity index (χ0) is 20.2. The van der Waals surface area contributed by atoms with Gasteiger partial charge in [-0.1, -0.05) is 36.4 Å². The van der Waals surface area contributed by atoms with Gasteiger partial charge in [0.25, 0.3) is 0 Å². The number of fused-ring (bicyclic) bond motifs is 1. The van der Waals surface area contributed by atoms with E-state index >= 15 is 0 Å². The highest BCUT2D eigenvalue weighted by atomic mass is 32.1. The molecule has 0 radical (unpaired) electrons. The van der Waals surface area contributed by atoms with E-state index in [0.717, 1.165) is 26.5 Å². The predicted molar refractivity (Wildman–Crippen MR) is 118 cm³/mol. The lowest BCUT2D eigenvalue weighted by atomic mass is 10.1. The van der Waals surface area contributed by atoms with E-state index in [1.807, 2.05) is 42.5 Å². The van der Waals surface area contributed by atoms with E-state index in [1.54, 1.807) is 42.5 Å². The van der Waals surface area contributed by atoms with Crippen molar-refractivity contribution in [1.29, 1.82) is 5.26 Å². The van der Waals surface area contributed by atoms with Crippen LogP contribution in [0.25, 0.3) is 20.8 Å². The normalized spacial score (nSPS) is 11.6. The van der Waals surface area contributed by atoms with Crippen LogP contribution in [-0.4, -0.2) is 16.9 Å². The van der Waals surface area contributed by atoms with E-state index in [9.17, 15) is 10.1 Å². The monoisotopic (exact) mass is 398 g/mol. The van der Waals surface area contributed by atoms with Crippen LogP contribution in [0.4, 0.5) is 11.4 Å². The van der Waals surface area contributed by atoms with Gasteiger partial charge in [0, 0.05) is 11.3 Å². The van der Waals surface area contributed by atoms with Crippen LogP contribution in [0.15, 0.2) is 72.8 Å². The topological polar surface area (TPSA) is 77.8 Å². The van der Waals surface area contributed by atoms with E-state index in [4.69, 9.17) is 4.98 Å². The number of aromatic nitrogens is 1. The molecule has 3 aromatic carbocycles. The Morgan fingerprint density at radius 2 is 1.86 bits per heavy atom. The van der Waals surface area contributed by atoms with Crippen molar-refractivity contribution < 1.29 is 4.79 Å². The van der Waals surface area contributed by atoms with Gasteiger partial charge in [-0.2, -0.15) is 5.26 Å². The standard InChI is InChI=1S/C23H18N4OS/c1-15(22(28)26-19-10-3-2-7-17(19)14-24)25-18-9-6-8-16(13-18)23-27-20-11-4-5-12-21(20)29-23/h2-13,15,25H,1H3,(H,26,28)/t15-/m0/s1. The summed E-state index contributed by atoms with van der Waals surface area (Å²) in [5, 5.41) is 16.2. The Kier molecular flexibility index (Phi) is 5.23. The van der Waals surface area contributed by atoms with Crippen molar-refractivity contribution in [3.05, 3.63) is 78.4 Å². The first-order valence-electron chi connectivity index (χ1n) is 9.16. The molecule has 0 spiro atoms. The summed E-state index contributed by atoms with van der Waals surface area (Å²) in [6.45, 7) is 1.79. The summed E-state index contributed by atoms with van der Waals surface area (Å²) in [4.78, 5) is 17.3. The van der Waals surface area contributed by atoms with Gasteiger partial charge in [-0.3, -0.25) is 4.79 Å². The largest absolute Gasteiger partial charge is 0.374 e. The van der Waals surface area contributed by atoms with Crippen molar-refractivity contribution in [3.8, 4) is 16.6 Å². The number of hydrogen-bond donors (Lipinski definition) is 2. The molecule has 0 bridgehead atoms. The molecule has 4 aromatic rings. The Balaban J connectivity index is 1.50. The lowest BCUT2D eigenvalue weighted by Crippen LogP contribution is -2.32. The van der Waals surface area contributed by atoms with Crippen LogP contribution in [0.3, 0.4) is 0 Å². The lowest BCUT2D eigenvalue weighted by Gasteiger charge is -2.16. The van der Waals surface area contributed by atoms with Crippen LogP contribution in [-0.2, 0) is 4.79 Å². The Morgan fingerprint density at radius 1 is 1.07 bits per heavy atom. The van der Waals surface area contributed by atoms with Crippen molar-refractivity contribution in [2.75, 3.05) is 10.6 Å². The van der Waals surface area contributed by atoms with Crippen LogP contribution >= 0.6 is 11.3 Å². The fourth-order valence-electron chi connectivity index (χ4n) is 2.98. The van der Waals surface area contributed by atoms with Crippen LogP contribution in [0.5, 0.6) is 0 Å². The molecule has 1 heterocycles. The fourth-order valence-corrected chi connectivity index (χ4v) is 3.95. The first-order valence-corrected chi connectivity index (χ1v) is 9.98. The molecule has 4 rings (SSSR count). The average Bonchev–Trinajstić information content (AvgIpc) is 3.18. The molecule has 5 nitrogen and oxygen atoms in total. The summed E-state index contributed by atoms with van der Waals surface area (Å²) in [7, 11) is 0. The summed E-state index contributed by atoms with van der Waals surface area (Å²) >= 11 is 1.64. The highest BCUT2D eigenvalue weighted by Crippen LogP contribution is 2.31. The van der Waals surface area contributed by atoms with Gasteiger partial charge < -0.3 is 10.6 Å². The van der Waals surface area contributed by atoms with E-state index < -0.39 is 6.04 Å². The summed E-state index contributed by atoms with van der Waals surface area (Å²) in [5.74, 6) is -0.210. The minimum absolute atomic E-state index is 0.210. The van der Waals surface area contributed by atoms with Crippen molar-refractivity contribution in [2.45, 2.75) is 13.0 Å². The maximum atomic E-state index is 12.6. The third-order valence-electron chi connectivity index (χ3n) is 4.49. The number of nitrogens with one attached hydrogen (secondary N) is 2. The SMILES string of the molecule is C[C@H](Nc1cccc(-c2nc3ccccc3s2)c1)C(=O)Nc1ccccc1C#N. The maximum Gasteiger partial charge on any atom is 0.246 e. The van der Waals surface area contributed by atoms with Gasteiger partial charge >= 0.3 is 0 Å². The number of benzene rings is 3. The summed E-state index contributed by atoms with van der Waals surface area (Å²) in [6, 6.07) is 24.5. The number of hydrogen-bond acceptors (Lipinski definition) is 5. The molecule has 0 fully saturated rings. The smallest absolute Gasteiger partial charge is 0.246 e. The summed E-state index contributed by atoms with van der Waals surface area (Å²) in [5.41, 5.74) is 3.76. The molecule has 1 amide bonds. The second-order valence-electron chi connectivity index (χ2n) is 6.58. The third kappa shape index (κ3) is 4.10. The Hall–Kier alpha value is -3.69. The van der Waals surface area contributed by atoms with Gasteiger partial charge in [0.15, 0.2) is 0 Å². The molecule has 29 heavy (non-hydrogen) atoms. The quantitative estimate of drug-likeness (QED) is 0.480. The highest BCUT2D eigenvalue weighted by Gasteiger charge is 2.15. The minimum Gasteiger partial charge on any atom is -0.374 e. The second kappa shape index (κ2) is 8.13. The molecule has 0 aliphatic rings. The first-order chi connectivity index (χ1) is 14.1. The molecule has 142 valence electrons. The number of anilines is 2. The van der Waals surface area contributed by atoms with E-state index in [1.165, 1.54) is 0 Å². The minimum atomic E-state index is -0.479. The molecule has 0 saturated heterocycles. The van der Waals surface area contributed by atoms with Gasteiger partial charge in [-0.05, 0) is 43.3 Å². The highest BCUT2D eigenvalue weighted by molar-refractivity contribution is 7.21. The van der Waals surface area contributed by atoms with E-state index in [2.05, 4.69) is 22.8 Å². The predicted octanol–water partition coefficient (Wildman–Crippen LogP) is 5.27. The molecule has 0 unspecified atom stereocenters. The molecule has 0 aliphatic heterocycles. The number of rotatable bonds is 5. The summed E-state index contributed by atoms with van der Waals surface area (Å²) < 4.78 is 1.14. The Bertz CT molecular complexity index is 1190. The molecule has 0 saturated carbocycles. The van der Waals surface area contributed by atoms with Gasteiger partial charge in [-0.15, -0.1) is 11.3 Å². The Labute approximate surface area is 172 Å². The molecule has 0 aliphatic carbocycles. The molecular formula is C23H18N4OS. The maximum absolute atomic E-state index is 12.6. The van der Waals surface area contributed by atoms with Crippen molar-refractivity contribution in [1.82, 2.24) is 4.98 Å². The van der Waals surface area contributed by atoms with Crippen molar-refractivity contribution in [2.24, 2.45) is 0 Å². The van der Waals surface area contributed by atoms with Crippen molar-refractivity contribution in [3.63, 3.8) is 0 Å². The third-order valence-corrected chi connectivity index (χ3v) is 5.57. The second-order valence-corrected chi connectivity index (χ2v) is 7.61. The van der Waals surface area contributed by atoms with Crippen molar-refractivity contribution >= 4 is 38.8 Å². The first kappa shape index (κ1) is 18.7. The van der Waals surface area contributed by atoms with Crippen LogP contribution in [0.1, 0.15) is 12.5 Å². The number of amides is 1. The number of nitriles is 1. The fraction of sp³-hybridized carbons (Fsp3) is 0.0870. The number of para-hydroxylation sites is 2. The van der Waals surface area contributed by atoms with Gasteiger partial charge in [-0.25, -0.2) is 4.98 Å². The van der Waals surface area contributed by atoms with Crippen LogP contribution in [0.2, 0.25) is 0 Å². The molecule has 1 aromatic heterocycles. The molecule has 2 N–H and O–H groups in total. The molecule has 1 atom stereocenters. The zero-order valence-corrected chi connectivity index (χ0v) is 16.5. The van der Waals surface area contributed by atoms with E-state index in [0.29, 0.717) is 11.3 Å². The van der Waals surface area contributed by atoms with Gasteiger partial charge in [0.2, 0.25) is 5.91 Å². The summed E-state index contributed by atoms with van der Waals surface area (Å²) in [6.07, 6.45) is 0. The van der Waals surface area contributed by atoms with Crippen LogP contribution < -0.4 is 10.6 Å². The number of carbonyl (C=O) groups excluding carboxylic acids is 1. The zero-order valence-electron chi connectivity index (χ0n) is 15.7. The molecular weight excluding hydrogens is 380 g/mol. The van der Waals surface area contributed by atoms with E-state index in [-0.39, 0.29) is 5.91 Å². The Morgan fingerprint density at radius 3 is 2.69 bits per heavy atom. The van der Waals surface area contributed by atoms with Crippen LogP contribution in [0, 0.1) is 11.3 Å². The number of nitrogens with zero attached hydrogens (tertiary/aromatic N) is 2. The van der Waals surface area contributed by atoms with Gasteiger partial charge in [0.05, 0.1) is 21.5 Å². The number of carbonyl (C=O) groups is 1. The average molecular weight is 398 g/mol.